The largest absolute Gasteiger partial charge is 0.355 e. The van der Waals surface area contributed by atoms with Crippen LogP contribution in [-0.2, 0) is 17.6 Å². The zero-order valence-electron chi connectivity index (χ0n) is 9.73. The lowest BCUT2D eigenvalue weighted by Gasteiger charge is -2.04. The van der Waals surface area contributed by atoms with E-state index in [0.717, 1.165) is 16.9 Å². The second kappa shape index (κ2) is 6.26. The fraction of sp³-hybridized carbons (Fsp3) is 0.231. The molecule has 3 nitrogen and oxygen atoms in total. The van der Waals surface area contributed by atoms with Gasteiger partial charge in [-0.15, -0.1) is 11.3 Å². The summed E-state index contributed by atoms with van der Waals surface area (Å²) in [5.74, 6) is -0.338. The topological polar surface area (TPSA) is 42.0 Å². The Morgan fingerprint density at radius 2 is 2.11 bits per heavy atom. The van der Waals surface area contributed by atoms with E-state index in [4.69, 9.17) is 0 Å². The number of amides is 1. The summed E-state index contributed by atoms with van der Waals surface area (Å²) >= 11 is 1.58. The molecular formula is C13H13FN2OS. The van der Waals surface area contributed by atoms with E-state index in [1.54, 1.807) is 35.2 Å². The smallest absolute Gasteiger partial charge is 0.224 e. The van der Waals surface area contributed by atoms with Crippen molar-refractivity contribution in [3.8, 4) is 0 Å². The van der Waals surface area contributed by atoms with Crippen molar-refractivity contribution in [2.45, 2.75) is 12.8 Å². The van der Waals surface area contributed by atoms with Crippen molar-refractivity contribution < 1.29 is 9.18 Å². The third-order valence-electron chi connectivity index (χ3n) is 2.45. The summed E-state index contributed by atoms with van der Waals surface area (Å²) in [6, 6.07) is 5.97. The number of rotatable bonds is 5. The molecule has 0 atom stereocenters. The number of nitrogens with one attached hydrogen (secondary N) is 1. The number of aromatic nitrogens is 1. The summed E-state index contributed by atoms with van der Waals surface area (Å²) in [4.78, 5) is 16.7. The van der Waals surface area contributed by atoms with Gasteiger partial charge in [0.15, 0.2) is 0 Å². The fourth-order valence-corrected chi connectivity index (χ4v) is 2.14. The molecule has 0 saturated heterocycles. The molecule has 0 saturated carbocycles. The summed E-state index contributed by atoms with van der Waals surface area (Å²) in [7, 11) is 0. The standard InChI is InChI=1S/C13H13FN2OS/c14-11-3-1-10(2-4-11)7-13(17)16-6-5-12-8-15-9-18-12/h1-4,8-9H,5-7H2,(H,16,17). The van der Waals surface area contributed by atoms with Gasteiger partial charge in [0.05, 0.1) is 11.9 Å². The molecule has 18 heavy (non-hydrogen) atoms. The van der Waals surface area contributed by atoms with Gasteiger partial charge in [0.1, 0.15) is 5.82 Å². The zero-order chi connectivity index (χ0) is 12.8. The number of hydrogen-bond donors (Lipinski definition) is 1. The van der Waals surface area contributed by atoms with Gasteiger partial charge in [0.2, 0.25) is 5.91 Å². The monoisotopic (exact) mass is 264 g/mol. The normalized spacial score (nSPS) is 10.3. The number of carbonyl (C=O) groups excluding carboxylic acids is 1. The molecule has 0 spiro atoms. The highest BCUT2D eigenvalue weighted by Crippen LogP contribution is 2.06. The maximum atomic E-state index is 12.7. The number of benzene rings is 1. The lowest BCUT2D eigenvalue weighted by atomic mass is 10.1. The highest BCUT2D eigenvalue weighted by Gasteiger charge is 2.03. The number of nitrogens with zero attached hydrogens (tertiary/aromatic N) is 1. The quantitative estimate of drug-likeness (QED) is 0.899. The Balaban J connectivity index is 1.73. The summed E-state index contributed by atoms with van der Waals surface area (Å²) in [6.07, 6.45) is 2.87. The minimum absolute atomic E-state index is 0.0499. The molecule has 5 heteroatoms. The molecule has 1 amide bonds. The van der Waals surface area contributed by atoms with Gasteiger partial charge in [-0.1, -0.05) is 12.1 Å². The first-order valence-corrected chi connectivity index (χ1v) is 6.50. The molecule has 0 radical (unpaired) electrons. The minimum atomic E-state index is -0.288. The van der Waals surface area contributed by atoms with E-state index in [1.165, 1.54) is 12.1 Å². The molecule has 1 N–H and O–H groups in total. The van der Waals surface area contributed by atoms with Crippen LogP contribution in [0.25, 0.3) is 0 Å². The Morgan fingerprint density at radius 3 is 2.78 bits per heavy atom. The predicted octanol–water partition coefficient (Wildman–Crippen LogP) is 2.18. The van der Waals surface area contributed by atoms with E-state index < -0.39 is 0 Å². The van der Waals surface area contributed by atoms with Crippen LogP contribution in [0, 0.1) is 5.82 Å². The summed E-state index contributed by atoms with van der Waals surface area (Å²) in [5, 5.41) is 2.83. The minimum Gasteiger partial charge on any atom is -0.355 e. The van der Waals surface area contributed by atoms with Crippen LogP contribution in [0.15, 0.2) is 36.0 Å². The lowest BCUT2D eigenvalue weighted by Crippen LogP contribution is -2.27. The second-order valence-electron chi connectivity index (χ2n) is 3.87. The van der Waals surface area contributed by atoms with Crippen LogP contribution in [0.5, 0.6) is 0 Å². The van der Waals surface area contributed by atoms with Gasteiger partial charge < -0.3 is 5.32 Å². The Kier molecular flexibility index (Phi) is 4.41. The van der Waals surface area contributed by atoms with Crippen LogP contribution in [0.4, 0.5) is 4.39 Å². The molecular weight excluding hydrogens is 251 g/mol. The highest BCUT2D eigenvalue weighted by molar-refractivity contribution is 7.09. The van der Waals surface area contributed by atoms with Gasteiger partial charge in [-0.3, -0.25) is 9.78 Å². The van der Waals surface area contributed by atoms with Crippen LogP contribution in [0.3, 0.4) is 0 Å². The first-order valence-electron chi connectivity index (χ1n) is 5.62. The van der Waals surface area contributed by atoms with E-state index in [2.05, 4.69) is 10.3 Å². The zero-order valence-corrected chi connectivity index (χ0v) is 10.5. The van der Waals surface area contributed by atoms with E-state index in [-0.39, 0.29) is 18.1 Å². The molecule has 2 aromatic rings. The third kappa shape index (κ3) is 3.92. The maximum absolute atomic E-state index is 12.7. The first kappa shape index (κ1) is 12.7. The average molecular weight is 264 g/mol. The molecule has 0 aliphatic carbocycles. The van der Waals surface area contributed by atoms with E-state index in [0.29, 0.717) is 6.54 Å². The predicted molar refractivity (Wildman–Crippen MR) is 68.9 cm³/mol. The van der Waals surface area contributed by atoms with Crippen LogP contribution < -0.4 is 5.32 Å². The molecule has 0 aliphatic heterocycles. The molecule has 2 rings (SSSR count). The summed E-state index contributed by atoms with van der Waals surface area (Å²) < 4.78 is 12.7. The number of halogens is 1. The van der Waals surface area contributed by atoms with Crippen LogP contribution in [0.1, 0.15) is 10.4 Å². The molecule has 0 unspecified atom stereocenters. The lowest BCUT2D eigenvalue weighted by molar-refractivity contribution is -0.120. The Bertz CT molecular complexity index is 496. The molecule has 1 aromatic carbocycles. The van der Waals surface area contributed by atoms with Crippen molar-refractivity contribution in [3.05, 3.63) is 52.2 Å². The number of hydrogen-bond acceptors (Lipinski definition) is 3. The maximum Gasteiger partial charge on any atom is 0.224 e. The van der Waals surface area contributed by atoms with Crippen LogP contribution in [-0.4, -0.2) is 17.4 Å². The van der Waals surface area contributed by atoms with Gasteiger partial charge in [0.25, 0.3) is 0 Å². The number of thiazole rings is 1. The van der Waals surface area contributed by atoms with Crippen molar-refractivity contribution in [2.24, 2.45) is 0 Å². The third-order valence-corrected chi connectivity index (χ3v) is 3.29. The van der Waals surface area contributed by atoms with Crippen molar-refractivity contribution in [2.75, 3.05) is 6.54 Å². The van der Waals surface area contributed by atoms with Crippen molar-refractivity contribution in [3.63, 3.8) is 0 Å². The van der Waals surface area contributed by atoms with E-state index >= 15 is 0 Å². The summed E-state index contributed by atoms with van der Waals surface area (Å²) in [5.41, 5.74) is 2.59. The van der Waals surface area contributed by atoms with Gasteiger partial charge in [-0.25, -0.2) is 4.39 Å². The fourth-order valence-electron chi connectivity index (χ4n) is 1.54. The Labute approximate surface area is 109 Å². The average Bonchev–Trinajstić information content (AvgIpc) is 2.85. The Hall–Kier alpha value is -1.75. The van der Waals surface area contributed by atoms with Crippen LogP contribution in [0.2, 0.25) is 0 Å². The van der Waals surface area contributed by atoms with Gasteiger partial charge in [-0.2, -0.15) is 0 Å². The van der Waals surface area contributed by atoms with Gasteiger partial charge in [-0.05, 0) is 17.7 Å². The molecule has 1 heterocycles. The van der Waals surface area contributed by atoms with Crippen molar-refractivity contribution in [1.82, 2.24) is 10.3 Å². The SMILES string of the molecule is O=C(Cc1ccc(F)cc1)NCCc1cncs1. The van der Waals surface area contributed by atoms with Gasteiger partial charge >= 0.3 is 0 Å². The summed E-state index contributed by atoms with van der Waals surface area (Å²) in [6.45, 7) is 0.599. The molecule has 0 fully saturated rings. The first-order chi connectivity index (χ1) is 8.74. The number of carbonyl (C=O) groups is 1. The van der Waals surface area contributed by atoms with E-state index in [1.807, 2.05) is 0 Å². The molecule has 1 aromatic heterocycles. The van der Waals surface area contributed by atoms with Crippen molar-refractivity contribution in [1.29, 1.82) is 0 Å². The molecule has 0 aliphatic rings. The van der Waals surface area contributed by atoms with Crippen LogP contribution >= 0.6 is 11.3 Å². The highest BCUT2D eigenvalue weighted by atomic mass is 32.1. The second-order valence-corrected chi connectivity index (χ2v) is 4.84. The Morgan fingerprint density at radius 1 is 1.33 bits per heavy atom. The van der Waals surface area contributed by atoms with E-state index in [9.17, 15) is 9.18 Å². The van der Waals surface area contributed by atoms with Crippen molar-refractivity contribution >= 4 is 17.2 Å². The molecule has 0 bridgehead atoms. The van der Waals surface area contributed by atoms with Gasteiger partial charge in [0, 0.05) is 24.0 Å². The molecule has 94 valence electrons.